The predicted octanol–water partition coefficient (Wildman–Crippen LogP) is 0.775. The van der Waals surface area contributed by atoms with E-state index >= 15 is 0 Å². The minimum absolute atomic E-state index is 0.695. The molecule has 60 valence electrons. The Labute approximate surface area is 66.4 Å². The molecule has 0 aliphatic rings. The van der Waals surface area contributed by atoms with Gasteiger partial charge in [0.05, 0.1) is 6.61 Å². The summed E-state index contributed by atoms with van der Waals surface area (Å²) in [4.78, 5) is 8.88. The number of aromatic nitrogens is 1. The van der Waals surface area contributed by atoms with Crippen LogP contribution in [0.1, 0.15) is 5.56 Å². The molecule has 0 fully saturated rings. The largest absolute Gasteiger partial charge is 0.302 e. The Balaban J connectivity index is 2.28. The molecule has 1 aromatic rings. The van der Waals surface area contributed by atoms with Crippen LogP contribution in [0.4, 0.5) is 0 Å². The third-order valence-electron chi connectivity index (χ3n) is 1.39. The molecule has 0 radical (unpaired) electrons. The lowest BCUT2D eigenvalue weighted by Gasteiger charge is -2.00. The van der Waals surface area contributed by atoms with E-state index in [2.05, 4.69) is 10.5 Å². The molecule has 11 heavy (non-hydrogen) atoms. The average Bonchev–Trinajstić information content (AvgIpc) is 2.07. The van der Waals surface area contributed by atoms with Crippen molar-refractivity contribution in [3.8, 4) is 0 Å². The summed E-state index contributed by atoms with van der Waals surface area (Å²) in [7, 11) is 1.76. The van der Waals surface area contributed by atoms with Crippen molar-refractivity contribution in [3.05, 3.63) is 30.1 Å². The molecule has 0 atom stereocenters. The maximum Gasteiger partial charge on any atom is 0.0722 e. The van der Waals surface area contributed by atoms with Gasteiger partial charge in [0, 0.05) is 19.4 Å². The Morgan fingerprint density at radius 2 is 2.18 bits per heavy atom. The molecule has 0 saturated heterocycles. The summed E-state index contributed by atoms with van der Waals surface area (Å²) < 4.78 is 0. The van der Waals surface area contributed by atoms with Crippen LogP contribution in [0.25, 0.3) is 0 Å². The zero-order valence-corrected chi connectivity index (χ0v) is 6.58. The minimum Gasteiger partial charge on any atom is -0.302 e. The molecule has 0 spiro atoms. The summed E-state index contributed by atoms with van der Waals surface area (Å²) in [5, 5.41) is 0. The van der Waals surface area contributed by atoms with E-state index in [0.717, 1.165) is 6.42 Å². The van der Waals surface area contributed by atoms with Crippen molar-refractivity contribution in [1.82, 2.24) is 10.5 Å². The Kier molecular flexibility index (Phi) is 3.58. The number of hydroxylamine groups is 1. The molecule has 1 aromatic heterocycles. The van der Waals surface area contributed by atoms with Gasteiger partial charge in [0.2, 0.25) is 0 Å². The first-order chi connectivity index (χ1) is 5.43. The Bertz CT molecular complexity index is 189. The van der Waals surface area contributed by atoms with Crippen molar-refractivity contribution < 1.29 is 4.84 Å². The molecule has 0 unspecified atom stereocenters. The number of hydrogen-bond acceptors (Lipinski definition) is 3. The van der Waals surface area contributed by atoms with Crippen molar-refractivity contribution in [3.63, 3.8) is 0 Å². The van der Waals surface area contributed by atoms with Gasteiger partial charge in [-0.3, -0.25) is 4.98 Å². The van der Waals surface area contributed by atoms with E-state index < -0.39 is 0 Å². The minimum atomic E-state index is 0.695. The van der Waals surface area contributed by atoms with Crippen molar-refractivity contribution in [1.29, 1.82) is 0 Å². The molecule has 3 nitrogen and oxygen atoms in total. The topological polar surface area (TPSA) is 34.1 Å². The summed E-state index contributed by atoms with van der Waals surface area (Å²) in [6.07, 6.45) is 4.49. The van der Waals surface area contributed by atoms with Crippen LogP contribution in [0.5, 0.6) is 0 Å². The zero-order chi connectivity index (χ0) is 7.94. The Morgan fingerprint density at radius 1 is 1.45 bits per heavy atom. The second kappa shape index (κ2) is 4.82. The van der Waals surface area contributed by atoms with Gasteiger partial charge in [0.25, 0.3) is 0 Å². The SMILES string of the molecule is CNOCCc1ccncc1. The molecule has 0 aliphatic heterocycles. The van der Waals surface area contributed by atoms with E-state index in [1.54, 1.807) is 19.4 Å². The summed E-state index contributed by atoms with van der Waals surface area (Å²) >= 11 is 0. The van der Waals surface area contributed by atoms with E-state index in [0.29, 0.717) is 6.61 Å². The van der Waals surface area contributed by atoms with Gasteiger partial charge in [-0.25, -0.2) is 5.48 Å². The summed E-state index contributed by atoms with van der Waals surface area (Å²) in [5.74, 6) is 0. The van der Waals surface area contributed by atoms with Crippen LogP contribution in [-0.4, -0.2) is 18.6 Å². The fraction of sp³-hybridized carbons (Fsp3) is 0.375. The third-order valence-corrected chi connectivity index (χ3v) is 1.39. The third kappa shape index (κ3) is 3.11. The van der Waals surface area contributed by atoms with Gasteiger partial charge >= 0.3 is 0 Å². The standard InChI is InChI=1S/C8H12N2O/c1-9-11-7-4-8-2-5-10-6-3-8/h2-3,5-6,9H,4,7H2,1H3. The van der Waals surface area contributed by atoms with Crippen LogP contribution in [-0.2, 0) is 11.3 Å². The molecule has 1 rings (SSSR count). The summed E-state index contributed by atoms with van der Waals surface area (Å²) in [6, 6.07) is 3.97. The van der Waals surface area contributed by atoms with E-state index in [1.165, 1.54) is 5.56 Å². The van der Waals surface area contributed by atoms with Crippen LogP contribution in [0, 0.1) is 0 Å². The van der Waals surface area contributed by atoms with E-state index in [-0.39, 0.29) is 0 Å². The van der Waals surface area contributed by atoms with E-state index in [4.69, 9.17) is 4.84 Å². The van der Waals surface area contributed by atoms with Crippen molar-refractivity contribution in [2.45, 2.75) is 6.42 Å². The van der Waals surface area contributed by atoms with Gasteiger partial charge < -0.3 is 4.84 Å². The van der Waals surface area contributed by atoms with Gasteiger partial charge in [-0.1, -0.05) is 0 Å². The number of hydrogen-bond donors (Lipinski definition) is 1. The van der Waals surface area contributed by atoms with Crippen molar-refractivity contribution >= 4 is 0 Å². The second-order valence-electron chi connectivity index (χ2n) is 2.16. The Hall–Kier alpha value is -0.930. The lowest BCUT2D eigenvalue weighted by Crippen LogP contribution is -2.09. The molecule has 1 N–H and O–H groups in total. The molecular weight excluding hydrogens is 140 g/mol. The highest BCUT2D eigenvalue weighted by Crippen LogP contribution is 1.96. The fourth-order valence-electron chi connectivity index (χ4n) is 0.820. The molecule has 0 bridgehead atoms. The van der Waals surface area contributed by atoms with Gasteiger partial charge in [-0.2, -0.15) is 0 Å². The Morgan fingerprint density at radius 3 is 2.82 bits per heavy atom. The van der Waals surface area contributed by atoms with Gasteiger partial charge in [0.15, 0.2) is 0 Å². The highest BCUT2D eigenvalue weighted by Gasteiger charge is 1.89. The van der Waals surface area contributed by atoms with Gasteiger partial charge in [-0.05, 0) is 24.1 Å². The summed E-state index contributed by atoms with van der Waals surface area (Å²) in [6.45, 7) is 0.695. The van der Waals surface area contributed by atoms with Gasteiger partial charge in [0.1, 0.15) is 0 Å². The lowest BCUT2D eigenvalue weighted by atomic mass is 10.2. The molecule has 0 aromatic carbocycles. The predicted molar refractivity (Wildman–Crippen MR) is 43.0 cm³/mol. The maximum atomic E-state index is 4.97. The highest BCUT2D eigenvalue weighted by molar-refractivity contribution is 5.09. The van der Waals surface area contributed by atoms with Crippen LogP contribution in [0.15, 0.2) is 24.5 Å². The molecule has 0 aliphatic carbocycles. The number of nitrogens with zero attached hydrogens (tertiary/aromatic N) is 1. The molecule has 0 amide bonds. The molecular formula is C8H12N2O. The first kappa shape index (κ1) is 8.17. The second-order valence-corrected chi connectivity index (χ2v) is 2.16. The highest BCUT2D eigenvalue weighted by atomic mass is 16.6. The number of pyridine rings is 1. The monoisotopic (exact) mass is 152 g/mol. The zero-order valence-electron chi connectivity index (χ0n) is 6.58. The normalized spacial score (nSPS) is 9.91. The van der Waals surface area contributed by atoms with Gasteiger partial charge in [-0.15, -0.1) is 0 Å². The molecule has 1 heterocycles. The van der Waals surface area contributed by atoms with E-state index in [1.807, 2.05) is 12.1 Å². The summed E-state index contributed by atoms with van der Waals surface area (Å²) in [5.41, 5.74) is 3.87. The number of rotatable bonds is 4. The van der Waals surface area contributed by atoms with Crippen LogP contribution < -0.4 is 5.48 Å². The molecule has 0 saturated carbocycles. The number of nitrogens with one attached hydrogen (secondary N) is 1. The fourth-order valence-corrected chi connectivity index (χ4v) is 0.820. The smallest absolute Gasteiger partial charge is 0.0722 e. The van der Waals surface area contributed by atoms with Crippen LogP contribution >= 0.6 is 0 Å². The van der Waals surface area contributed by atoms with Crippen molar-refractivity contribution in [2.24, 2.45) is 0 Å². The van der Waals surface area contributed by atoms with E-state index in [9.17, 15) is 0 Å². The average molecular weight is 152 g/mol. The van der Waals surface area contributed by atoms with Crippen LogP contribution in [0.2, 0.25) is 0 Å². The first-order valence-electron chi connectivity index (χ1n) is 3.61. The maximum absolute atomic E-state index is 4.97. The lowest BCUT2D eigenvalue weighted by molar-refractivity contribution is 0.0604. The quantitative estimate of drug-likeness (QED) is 0.511. The first-order valence-corrected chi connectivity index (χ1v) is 3.61. The molecule has 3 heteroatoms. The van der Waals surface area contributed by atoms with Crippen LogP contribution in [0.3, 0.4) is 0 Å². The van der Waals surface area contributed by atoms with Crippen molar-refractivity contribution in [2.75, 3.05) is 13.7 Å².